The molecule has 3 heteroatoms. The molecular weight excluding hydrogens is 202 g/mol. The smallest absolute Gasteiger partial charge is 0.168 e. The fourth-order valence-corrected chi connectivity index (χ4v) is 2.09. The zero-order valence-corrected chi connectivity index (χ0v) is 9.53. The molecule has 0 bridgehead atoms. The maximum Gasteiger partial charge on any atom is 0.168 e. The van der Waals surface area contributed by atoms with Crippen molar-refractivity contribution in [3.63, 3.8) is 0 Å². The maximum atomic E-state index is 12.2. The molecule has 1 heterocycles. The number of benzene rings is 1. The summed E-state index contributed by atoms with van der Waals surface area (Å²) in [6.07, 6.45) is 1.89. The van der Waals surface area contributed by atoms with Gasteiger partial charge >= 0.3 is 0 Å². The van der Waals surface area contributed by atoms with Gasteiger partial charge in [0, 0.05) is 23.8 Å². The zero-order chi connectivity index (χ0) is 11.5. The number of hydrogen-bond donors (Lipinski definition) is 1. The van der Waals surface area contributed by atoms with Crippen molar-refractivity contribution in [1.29, 1.82) is 0 Å². The Morgan fingerprint density at radius 2 is 2.31 bits per heavy atom. The first-order valence-corrected chi connectivity index (χ1v) is 5.67. The third-order valence-corrected chi connectivity index (χ3v) is 3.17. The van der Waals surface area contributed by atoms with Crippen LogP contribution >= 0.6 is 0 Å². The number of nitrogen functional groups attached to an aromatic ring is 1. The lowest BCUT2D eigenvalue weighted by Crippen LogP contribution is -2.26. The predicted molar refractivity (Wildman–Crippen MR) is 63.5 cm³/mol. The Bertz CT molecular complexity index is 395. The first-order chi connectivity index (χ1) is 7.70. The highest BCUT2D eigenvalue weighted by molar-refractivity contribution is 6.00. The minimum atomic E-state index is 0.00856. The van der Waals surface area contributed by atoms with Gasteiger partial charge in [0.25, 0.3) is 0 Å². The summed E-state index contributed by atoms with van der Waals surface area (Å²) in [7, 11) is 0. The molecule has 0 spiro atoms. The summed E-state index contributed by atoms with van der Waals surface area (Å²) < 4.78 is 5.34. The van der Waals surface area contributed by atoms with Crippen molar-refractivity contribution in [2.24, 2.45) is 5.92 Å². The van der Waals surface area contributed by atoms with Crippen LogP contribution < -0.4 is 5.73 Å². The van der Waals surface area contributed by atoms with Crippen LogP contribution in [0.25, 0.3) is 0 Å². The molecule has 3 nitrogen and oxygen atoms in total. The van der Waals surface area contributed by atoms with Crippen LogP contribution in [0.1, 0.15) is 28.8 Å². The van der Waals surface area contributed by atoms with Gasteiger partial charge in [-0.15, -0.1) is 0 Å². The lowest BCUT2D eigenvalue weighted by atomic mass is 9.90. The second-order valence-electron chi connectivity index (χ2n) is 4.30. The molecule has 86 valence electrons. The molecule has 1 fully saturated rings. The van der Waals surface area contributed by atoms with E-state index in [0.29, 0.717) is 12.3 Å². The zero-order valence-electron chi connectivity index (χ0n) is 9.53. The second kappa shape index (κ2) is 4.66. The van der Waals surface area contributed by atoms with E-state index in [1.807, 2.05) is 25.1 Å². The largest absolute Gasteiger partial charge is 0.398 e. The van der Waals surface area contributed by atoms with Gasteiger partial charge in [0.15, 0.2) is 5.78 Å². The summed E-state index contributed by atoms with van der Waals surface area (Å²) in [6.45, 7) is 3.22. The van der Waals surface area contributed by atoms with Gasteiger partial charge in [0.05, 0.1) is 6.61 Å². The number of carbonyl (C=O) groups excluding carboxylic acids is 1. The Morgan fingerprint density at radius 3 is 3.00 bits per heavy atom. The molecular formula is C13H17NO2. The average Bonchev–Trinajstić information content (AvgIpc) is 2.33. The van der Waals surface area contributed by atoms with Crippen molar-refractivity contribution in [3.8, 4) is 0 Å². The second-order valence-corrected chi connectivity index (χ2v) is 4.30. The van der Waals surface area contributed by atoms with E-state index in [4.69, 9.17) is 10.5 Å². The molecule has 2 rings (SSSR count). The monoisotopic (exact) mass is 219 g/mol. The Labute approximate surface area is 95.6 Å². The first-order valence-electron chi connectivity index (χ1n) is 5.67. The van der Waals surface area contributed by atoms with Crippen LogP contribution in [0, 0.1) is 12.8 Å². The van der Waals surface area contributed by atoms with Crippen LogP contribution in [0.2, 0.25) is 0 Å². The van der Waals surface area contributed by atoms with E-state index < -0.39 is 0 Å². The van der Waals surface area contributed by atoms with Gasteiger partial charge in [-0.2, -0.15) is 0 Å². The number of hydrogen-bond acceptors (Lipinski definition) is 3. The molecule has 1 saturated heterocycles. The highest BCUT2D eigenvalue weighted by Crippen LogP contribution is 2.23. The third kappa shape index (κ3) is 2.09. The first kappa shape index (κ1) is 11.1. The fourth-order valence-electron chi connectivity index (χ4n) is 2.09. The Kier molecular flexibility index (Phi) is 3.25. The highest BCUT2D eigenvalue weighted by Gasteiger charge is 2.24. The van der Waals surface area contributed by atoms with Gasteiger partial charge in [-0.1, -0.05) is 12.1 Å². The van der Waals surface area contributed by atoms with Gasteiger partial charge in [0.1, 0.15) is 0 Å². The summed E-state index contributed by atoms with van der Waals surface area (Å²) >= 11 is 0. The molecule has 0 aliphatic carbocycles. The topological polar surface area (TPSA) is 52.3 Å². The van der Waals surface area contributed by atoms with Crippen LogP contribution in [0.4, 0.5) is 5.69 Å². The van der Waals surface area contributed by atoms with Crippen molar-refractivity contribution in [2.45, 2.75) is 19.8 Å². The Balaban J connectivity index is 2.22. The average molecular weight is 219 g/mol. The number of ether oxygens (including phenoxy) is 1. The van der Waals surface area contributed by atoms with E-state index in [1.54, 1.807) is 0 Å². The molecule has 0 amide bonds. The van der Waals surface area contributed by atoms with Gasteiger partial charge in [-0.3, -0.25) is 4.79 Å². The molecule has 0 radical (unpaired) electrons. The minimum Gasteiger partial charge on any atom is -0.398 e. The number of Topliss-reactive ketones (excluding diaryl/α,β-unsaturated/α-hetero) is 1. The molecule has 1 unspecified atom stereocenters. The Morgan fingerprint density at radius 1 is 1.50 bits per heavy atom. The van der Waals surface area contributed by atoms with Crippen LogP contribution in [-0.4, -0.2) is 19.0 Å². The number of ketones is 1. The van der Waals surface area contributed by atoms with Crippen molar-refractivity contribution in [1.82, 2.24) is 0 Å². The molecule has 16 heavy (non-hydrogen) atoms. The molecule has 2 N–H and O–H groups in total. The van der Waals surface area contributed by atoms with E-state index in [-0.39, 0.29) is 11.7 Å². The maximum absolute atomic E-state index is 12.2. The van der Waals surface area contributed by atoms with E-state index in [0.717, 1.165) is 30.6 Å². The molecule has 0 saturated carbocycles. The van der Waals surface area contributed by atoms with Crippen molar-refractivity contribution in [2.75, 3.05) is 18.9 Å². The standard InChI is InChI=1S/C13H17NO2/c1-9-11(5-2-6-12(9)14)13(15)10-4-3-7-16-8-10/h2,5-6,10H,3-4,7-8,14H2,1H3. The number of anilines is 1. The Hall–Kier alpha value is -1.35. The number of carbonyl (C=O) groups is 1. The number of rotatable bonds is 2. The quantitative estimate of drug-likeness (QED) is 0.612. The molecule has 1 aliphatic heterocycles. The van der Waals surface area contributed by atoms with Crippen LogP contribution in [0.15, 0.2) is 18.2 Å². The highest BCUT2D eigenvalue weighted by atomic mass is 16.5. The van der Waals surface area contributed by atoms with Crippen LogP contribution in [-0.2, 0) is 4.74 Å². The molecule has 1 atom stereocenters. The van der Waals surface area contributed by atoms with E-state index in [9.17, 15) is 4.79 Å². The lowest BCUT2D eigenvalue weighted by Gasteiger charge is -2.21. The fraction of sp³-hybridized carbons (Fsp3) is 0.462. The summed E-state index contributed by atoms with van der Waals surface area (Å²) in [5.41, 5.74) is 8.12. The number of nitrogens with two attached hydrogens (primary N) is 1. The van der Waals surface area contributed by atoms with E-state index in [2.05, 4.69) is 0 Å². The lowest BCUT2D eigenvalue weighted by molar-refractivity contribution is 0.0461. The summed E-state index contributed by atoms with van der Waals surface area (Å²) in [4.78, 5) is 12.2. The third-order valence-electron chi connectivity index (χ3n) is 3.17. The van der Waals surface area contributed by atoms with Crippen LogP contribution in [0.3, 0.4) is 0 Å². The SMILES string of the molecule is Cc1c(N)cccc1C(=O)C1CCCOC1. The van der Waals surface area contributed by atoms with Gasteiger partial charge < -0.3 is 10.5 Å². The summed E-state index contributed by atoms with van der Waals surface area (Å²) in [5.74, 6) is 0.179. The minimum absolute atomic E-state index is 0.00856. The van der Waals surface area contributed by atoms with E-state index >= 15 is 0 Å². The summed E-state index contributed by atoms with van der Waals surface area (Å²) in [5, 5.41) is 0. The van der Waals surface area contributed by atoms with Gasteiger partial charge in [-0.05, 0) is 31.4 Å². The van der Waals surface area contributed by atoms with Crippen LogP contribution in [0.5, 0.6) is 0 Å². The van der Waals surface area contributed by atoms with Crippen molar-refractivity contribution < 1.29 is 9.53 Å². The molecule has 1 aromatic rings. The van der Waals surface area contributed by atoms with E-state index in [1.165, 1.54) is 0 Å². The van der Waals surface area contributed by atoms with Crippen molar-refractivity contribution in [3.05, 3.63) is 29.3 Å². The van der Waals surface area contributed by atoms with Gasteiger partial charge in [-0.25, -0.2) is 0 Å². The predicted octanol–water partition coefficient (Wildman–Crippen LogP) is 2.19. The van der Waals surface area contributed by atoms with Crippen molar-refractivity contribution >= 4 is 11.5 Å². The normalized spacial score (nSPS) is 20.7. The molecule has 1 aromatic carbocycles. The molecule has 1 aliphatic rings. The molecule has 0 aromatic heterocycles. The summed E-state index contributed by atoms with van der Waals surface area (Å²) in [6, 6.07) is 5.51. The van der Waals surface area contributed by atoms with Gasteiger partial charge in [0.2, 0.25) is 0 Å².